The van der Waals surface area contributed by atoms with Gasteiger partial charge in [0.1, 0.15) is 0 Å². The van der Waals surface area contributed by atoms with Gasteiger partial charge in [0.25, 0.3) is 11.8 Å². The molecule has 0 aliphatic carbocycles. The van der Waals surface area contributed by atoms with Crippen molar-refractivity contribution in [2.45, 2.75) is 10.1 Å². The summed E-state index contributed by atoms with van der Waals surface area (Å²) in [5.74, 6) is 0.303. The molecule has 0 radical (unpaired) electrons. The molecule has 136 valence electrons. The van der Waals surface area contributed by atoms with Crippen LogP contribution in [0.25, 0.3) is 10.2 Å². The van der Waals surface area contributed by atoms with E-state index in [1.165, 1.54) is 10.5 Å². The van der Waals surface area contributed by atoms with Gasteiger partial charge in [-0.15, -0.1) is 11.3 Å². The van der Waals surface area contributed by atoms with Gasteiger partial charge < -0.3 is 0 Å². The normalized spacial score (nSPS) is 13.4. The summed E-state index contributed by atoms with van der Waals surface area (Å²) in [7, 11) is 0. The first-order chi connectivity index (χ1) is 13.7. The fourth-order valence-electron chi connectivity index (χ4n) is 3.24. The summed E-state index contributed by atoms with van der Waals surface area (Å²) >= 11 is 3.27. The van der Waals surface area contributed by atoms with Crippen molar-refractivity contribution in [1.29, 1.82) is 0 Å². The summed E-state index contributed by atoms with van der Waals surface area (Å²) in [5.41, 5.74) is 3.62. The van der Waals surface area contributed by atoms with E-state index >= 15 is 0 Å². The Morgan fingerprint density at radius 2 is 1.54 bits per heavy atom. The summed E-state index contributed by atoms with van der Waals surface area (Å²) in [5, 5.41) is 0. The molecule has 1 aromatic heterocycles. The molecule has 0 saturated carbocycles. The molecule has 3 aromatic carbocycles. The highest BCUT2D eigenvalue weighted by Crippen LogP contribution is 2.35. The van der Waals surface area contributed by atoms with Crippen LogP contribution in [0.15, 0.2) is 77.1 Å². The third kappa shape index (κ3) is 2.91. The quantitative estimate of drug-likeness (QED) is 0.339. The van der Waals surface area contributed by atoms with E-state index in [4.69, 9.17) is 0 Å². The monoisotopic (exact) mass is 402 g/mol. The van der Waals surface area contributed by atoms with Crippen LogP contribution in [0.5, 0.6) is 0 Å². The van der Waals surface area contributed by atoms with Crippen LogP contribution >= 0.6 is 23.1 Å². The summed E-state index contributed by atoms with van der Waals surface area (Å²) < 4.78 is 1.93. The second-order valence-electron chi connectivity index (χ2n) is 6.40. The highest BCUT2D eigenvalue weighted by molar-refractivity contribution is 8.00. The Balaban J connectivity index is 1.43. The molecule has 4 aromatic rings. The van der Waals surface area contributed by atoms with E-state index in [2.05, 4.69) is 17.1 Å². The van der Waals surface area contributed by atoms with Crippen LogP contribution in [-0.4, -0.2) is 16.8 Å². The highest BCUT2D eigenvalue weighted by Gasteiger charge is 2.36. The van der Waals surface area contributed by atoms with Crippen LogP contribution in [0, 0.1) is 0 Å². The SMILES string of the molecule is O=C1c2ccccc2C(=O)N1c1ccc2nc(SCc3ccccc3)sc2c1. The van der Waals surface area contributed by atoms with Crippen molar-refractivity contribution < 1.29 is 9.59 Å². The maximum atomic E-state index is 12.7. The van der Waals surface area contributed by atoms with Gasteiger partial charge in [-0.2, -0.15) is 0 Å². The maximum absolute atomic E-state index is 12.7. The molecule has 0 atom stereocenters. The van der Waals surface area contributed by atoms with Gasteiger partial charge in [-0.05, 0) is 35.9 Å². The van der Waals surface area contributed by atoms with Crippen LogP contribution in [0.2, 0.25) is 0 Å². The molecular weight excluding hydrogens is 388 g/mol. The van der Waals surface area contributed by atoms with Crippen molar-refractivity contribution in [3.63, 3.8) is 0 Å². The van der Waals surface area contributed by atoms with E-state index in [1.807, 2.05) is 30.3 Å². The van der Waals surface area contributed by atoms with Gasteiger partial charge in [-0.25, -0.2) is 9.88 Å². The summed E-state index contributed by atoms with van der Waals surface area (Å²) in [6.07, 6.45) is 0. The van der Waals surface area contributed by atoms with Crippen LogP contribution in [0.1, 0.15) is 26.3 Å². The number of thioether (sulfide) groups is 1. The van der Waals surface area contributed by atoms with E-state index in [-0.39, 0.29) is 11.8 Å². The Kier molecular flexibility index (Phi) is 4.22. The molecule has 0 saturated heterocycles. The zero-order chi connectivity index (χ0) is 19.1. The van der Waals surface area contributed by atoms with Crippen molar-refractivity contribution >= 4 is 50.8 Å². The molecule has 5 rings (SSSR count). The molecular formula is C22H14N2O2S2. The number of carbonyl (C=O) groups is 2. The highest BCUT2D eigenvalue weighted by atomic mass is 32.2. The molecule has 4 nitrogen and oxygen atoms in total. The minimum absolute atomic E-state index is 0.275. The number of amides is 2. The molecule has 0 unspecified atom stereocenters. The number of imide groups is 1. The van der Waals surface area contributed by atoms with Crippen molar-refractivity contribution in [3.05, 3.63) is 89.5 Å². The Bertz CT molecular complexity index is 1180. The molecule has 2 amide bonds. The Morgan fingerprint density at radius 1 is 0.857 bits per heavy atom. The maximum Gasteiger partial charge on any atom is 0.266 e. The third-order valence-corrected chi connectivity index (χ3v) is 6.84. The van der Waals surface area contributed by atoms with Gasteiger partial charge >= 0.3 is 0 Å². The molecule has 0 bridgehead atoms. The number of aromatic nitrogens is 1. The first-order valence-corrected chi connectivity index (χ1v) is 10.6. The fourth-order valence-corrected chi connectivity index (χ4v) is 5.29. The first kappa shape index (κ1) is 17.2. The zero-order valence-corrected chi connectivity index (χ0v) is 16.3. The van der Waals surface area contributed by atoms with Crippen molar-refractivity contribution in [2.75, 3.05) is 4.90 Å². The lowest BCUT2D eigenvalue weighted by Gasteiger charge is -2.13. The average molecular weight is 403 g/mol. The van der Waals surface area contributed by atoms with E-state index in [1.54, 1.807) is 53.4 Å². The topological polar surface area (TPSA) is 50.3 Å². The second kappa shape index (κ2) is 6.89. The smallest absolute Gasteiger partial charge is 0.266 e. The van der Waals surface area contributed by atoms with Gasteiger partial charge in [-0.3, -0.25) is 9.59 Å². The zero-order valence-electron chi connectivity index (χ0n) is 14.7. The number of hydrogen-bond donors (Lipinski definition) is 0. The number of thiazole rings is 1. The molecule has 2 heterocycles. The molecule has 0 fully saturated rings. The Labute approximate surface area is 169 Å². The molecule has 6 heteroatoms. The van der Waals surface area contributed by atoms with E-state index in [0.29, 0.717) is 16.8 Å². The molecule has 0 spiro atoms. The van der Waals surface area contributed by atoms with Crippen LogP contribution in [0.3, 0.4) is 0 Å². The van der Waals surface area contributed by atoms with E-state index < -0.39 is 0 Å². The number of carbonyl (C=O) groups excluding carboxylic acids is 2. The minimum Gasteiger partial charge on any atom is -0.268 e. The van der Waals surface area contributed by atoms with Crippen molar-refractivity contribution in [2.24, 2.45) is 0 Å². The van der Waals surface area contributed by atoms with Gasteiger partial charge in [0.05, 0.1) is 27.0 Å². The lowest BCUT2D eigenvalue weighted by molar-refractivity contribution is 0.0926. The minimum atomic E-state index is -0.275. The predicted molar refractivity (Wildman–Crippen MR) is 113 cm³/mol. The number of fused-ring (bicyclic) bond motifs is 2. The summed E-state index contributed by atoms with van der Waals surface area (Å²) in [6.45, 7) is 0. The number of rotatable bonds is 4. The first-order valence-electron chi connectivity index (χ1n) is 8.76. The van der Waals surface area contributed by atoms with Crippen LogP contribution in [-0.2, 0) is 5.75 Å². The van der Waals surface area contributed by atoms with Gasteiger partial charge in [-0.1, -0.05) is 54.2 Å². The fraction of sp³-hybridized carbons (Fsp3) is 0.0455. The van der Waals surface area contributed by atoms with Gasteiger partial charge in [0.2, 0.25) is 0 Å². The summed E-state index contributed by atoms with van der Waals surface area (Å²) in [6, 6.07) is 22.7. The largest absolute Gasteiger partial charge is 0.268 e. The number of hydrogen-bond acceptors (Lipinski definition) is 5. The second-order valence-corrected chi connectivity index (χ2v) is 8.65. The van der Waals surface area contributed by atoms with Crippen molar-refractivity contribution in [1.82, 2.24) is 4.98 Å². The predicted octanol–water partition coefficient (Wildman–Crippen LogP) is 5.39. The van der Waals surface area contributed by atoms with Crippen molar-refractivity contribution in [3.8, 4) is 0 Å². The van der Waals surface area contributed by atoms with Gasteiger partial charge in [0.15, 0.2) is 4.34 Å². The van der Waals surface area contributed by atoms with Gasteiger partial charge in [0, 0.05) is 5.75 Å². The Morgan fingerprint density at radius 3 is 2.25 bits per heavy atom. The standard InChI is InChI=1S/C22H14N2O2S2/c25-20-16-8-4-5-9-17(16)21(26)24(20)15-10-11-18-19(12-15)28-22(23-18)27-13-14-6-2-1-3-7-14/h1-12H,13H2. The van der Waals surface area contributed by atoms with Crippen LogP contribution < -0.4 is 4.90 Å². The van der Waals surface area contributed by atoms with E-state index in [0.717, 1.165) is 20.3 Å². The third-order valence-electron chi connectivity index (χ3n) is 4.61. The molecule has 1 aliphatic heterocycles. The Hall–Kier alpha value is -2.96. The van der Waals surface area contributed by atoms with E-state index in [9.17, 15) is 9.59 Å². The van der Waals surface area contributed by atoms with Crippen LogP contribution in [0.4, 0.5) is 5.69 Å². The lowest BCUT2D eigenvalue weighted by atomic mass is 10.1. The average Bonchev–Trinajstić information content (AvgIpc) is 3.25. The molecule has 28 heavy (non-hydrogen) atoms. The number of benzene rings is 3. The summed E-state index contributed by atoms with van der Waals surface area (Å²) in [4.78, 5) is 31.3. The number of anilines is 1. The lowest BCUT2D eigenvalue weighted by Crippen LogP contribution is -2.29. The molecule has 0 N–H and O–H groups in total. The number of nitrogens with zero attached hydrogens (tertiary/aromatic N) is 2. The molecule has 1 aliphatic rings.